The second kappa shape index (κ2) is 9.68. The summed E-state index contributed by atoms with van der Waals surface area (Å²) in [4.78, 5) is 23.2. The topological polar surface area (TPSA) is 67.4 Å². The summed E-state index contributed by atoms with van der Waals surface area (Å²) in [5.41, 5.74) is 3.79. The Hall–Kier alpha value is -3.41. The molecule has 6 nitrogen and oxygen atoms in total. The van der Waals surface area contributed by atoms with Crippen molar-refractivity contribution in [1.29, 1.82) is 0 Å². The molecule has 0 unspecified atom stereocenters. The van der Waals surface area contributed by atoms with E-state index in [4.69, 9.17) is 4.74 Å². The number of ether oxygens (including phenoxy) is 1. The van der Waals surface area contributed by atoms with E-state index in [0.717, 1.165) is 30.0 Å². The zero-order valence-corrected chi connectivity index (χ0v) is 17.1. The molecule has 1 heterocycles. The van der Waals surface area contributed by atoms with Crippen molar-refractivity contribution in [2.75, 3.05) is 25.1 Å². The molecule has 0 bridgehead atoms. The lowest BCUT2D eigenvalue weighted by Crippen LogP contribution is -2.26. The van der Waals surface area contributed by atoms with Gasteiger partial charge in [0.1, 0.15) is 5.75 Å². The van der Waals surface area contributed by atoms with Crippen LogP contribution in [-0.4, -0.2) is 36.1 Å². The van der Waals surface area contributed by atoms with Crippen molar-refractivity contribution in [3.8, 4) is 5.75 Å². The molecule has 1 aromatic heterocycles. The standard InChI is InChI=1S/C23H26N4O2/c1-4-27(20-7-5-6-17(2)14-20)23-25-15-19(16-26-23)22(28)24-13-12-18-8-10-21(29-3)11-9-18/h5-11,14-16H,4,12-13H2,1-3H3,(H,24,28). The van der Waals surface area contributed by atoms with Crippen molar-refractivity contribution in [3.05, 3.63) is 77.6 Å². The first-order valence-electron chi connectivity index (χ1n) is 9.68. The van der Waals surface area contributed by atoms with Crippen molar-refractivity contribution in [2.24, 2.45) is 0 Å². The highest BCUT2D eigenvalue weighted by molar-refractivity contribution is 5.93. The Morgan fingerprint density at radius 2 is 1.83 bits per heavy atom. The van der Waals surface area contributed by atoms with Gasteiger partial charge >= 0.3 is 0 Å². The fraction of sp³-hybridized carbons (Fsp3) is 0.261. The normalized spacial score (nSPS) is 10.4. The summed E-state index contributed by atoms with van der Waals surface area (Å²) in [5.74, 6) is 1.22. The molecule has 1 amide bonds. The maximum atomic E-state index is 12.4. The molecule has 3 rings (SSSR count). The molecule has 0 radical (unpaired) electrons. The first kappa shape index (κ1) is 20.3. The van der Waals surface area contributed by atoms with Crippen LogP contribution >= 0.6 is 0 Å². The number of nitrogens with zero attached hydrogens (tertiary/aromatic N) is 3. The Morgan fingerprint density at radius 1 is 1.10 bits per heavy atom. The third kappa shape index (κ3) is 5.31. The average molecular weight is 390 g/mol. The number of carbonyl (C=O) groups excluding carboxylic acids is 1. The van der Waals surface area contributed by atoms with E-state index in [1.165, 1.54) is 5.56 Å². The van der Waals surface area contributed by atoms with Crippen molar-refractivity contribution in [1.82, 2.24) is 15.3 Å². The van der Waals surface area contributed by atoms with Crippen molar-refractivity contribution < 1.29 is 9.53 Å². The van der Waals surface area contributed by atoms with Crippen molar-refractivity contribution in [3.63, 3.8) is 0 Å². The van der Waals surface area contributed by atoms with Gasteiger partial charge in [-0.25, -0.2) is 9.97 Å². The van der Waals surface area contributed by atoms with Gasteiger partial charge in [-0.2, -0.15) is 0 Å². The summed E-state index contributed by atoms with van der Waals surface area (Å²) in [6.07, 6.45) is 3.89. The van der Waals surface area contributed by atoms with Crippen LogP contribution in [0.4, 0.5) is 11.6 Å². The Kier molecular flexibility index (Phi) is 6.79. The lowest BCUT2D eigenvalue weighted by atomic mass is 10.1. The van der Waals surface area contributed by atoms with Crippen LogP contribution in [-0.2, 0) is 6.42 Å². The van der Waals surface area contributed by atoms with Crippen LogP contribution in [0.5, 0.6) is 5.75 Å². The van der Waals surface area contributed by atoms with Crippen LogP contribution in [0.3, 0.4) is 0 Å². The van der Waals surface area contributed by atoms with Gasteiger partial charge in [0, 0.05) is 31.2 Å². The lowest BCUT2D eigenvalue weighted by molar-refractivity contribution is 0.0953. The van der Waals surface area contributed by atoms with Gasteiger partial charge in [0.15, 0.2) is 0 Å². The number of methoxy groups -OCH3 is 1. The highest BCUT2D eigenvalue weighted by atomic mass is 16.5. The summed E-state index contributed by atoms with van der Waals surface area (Å²) in [5, 5.41) is 2.91. The second-order valence-corrected chi connectivity index (χ2v) is 6.71. The predicted molar refractivity (Wildman–Crippen MR) is 115 cm³/mol. The smallest absolute Gasteiger partial charge is 0.254 e. The molecule has 0 saturated heterocycles. The minimum atomic E-state index is -0.177. The number of aromatic nitrogens is 2. The molecule has 0 aliphatic carbocycles. The number of aryl methyl sites for hydroxylation is 1. The van der Waals surface area contributed by atoms with Crippen LogP contribution in [0.1, 0.15) is 28.4 Å². The largest absolute Gasteiger partial charge is 0.497 e. The third-order valence-corrected chi connectivity index (χ3v) is 4.63. The molecule has 29 heavy (non-hydrogen) atoms. The maximum Gasteiger partial charge on any atom is 0.254 e. The molecule has 0 saturated carbocycles. The summed E-state index contributed by atoms with van der Waals surface area (Å²) < 4.78 is 5.15. The van der Waals surface area contributed by atoms with E-state index in [1.54, 1.807) is 19.5 Å². The number of hydrogen-bond donors (Lipinski definition) is 1. The summed E-state index contributed by atoms with van der Waals surface area (Å²) in [6.45, 7) is 5.37. The number of rotatable bonds is 8. The number of benzene rings is 2. The number of nitrogens with one attached hydrogen (secondary N) is 1. The summed E-state index contributed by atoms with van der Waals surface area (Å²) in [6, 6.07) is 16.0. The van der Waals surface area contributed by atoms with Crippen LogP contribution in [0.2, 0.25) is 0 Å². The molecule has 6 heteroatoms. The molecule has 0 atom stereocenters. The van der Waals surface area contributed by atoms with Gasteiger partial charge in [-0.05, 0) is 55.7 Å². The van der Waals surface area contributed by atoms with E-state index in [-0.39, 0.29) is 5.91 Å². The van der Waals surface area contributed by atoms with Crippen molar-refractivity contribution in [2.45, 2.75) is 20.3 Å². The average Bonchev–Trinajstić information content (AvgIpc) is 2.75. The van der Waals surface area contributed by atoms with Gasteiger partial charge in [-0.15, -0.1) is 0 Å². The van der Waals surface area contributed by atoms with Gasteiger partial charge in [0.2, 0.25) is 5.95 Å². The minimum Gasteiger partial charge on any atom is -0.497 e. The van der Waals surface area contributed by atoms with Crippen LogP contribution in [0.15, 0.2) is 60.9 Å². The Morgan fingerprint density at radius 3 is 2.45 bits per heavy atom. The maximum absolute atomic E-state index is 12.4. The van der Waals surface area contributed by atoms with Gasteiger partial charge in [0.05, 0.1) is 12.7 Å². The van der Waals surface area contributed by atoms with Crippen LogP contribution in [0, 0.1) is 6.92 Å². The monoisotopic (exact) mass is 390 g/mol. The summed E-state index contributed by atoms with van der Waals surface area (Å²) >= 11 is 0. The van der Waals surface area contributed by atoms with Crippen LogP contribution in [0.25, 0.3) is 0 Å². The Labute approximate surface area is 171 Å². The first-order chi connectivity index (χ1) is 14.1. The highest BCUT2D eigenvalue weighted by Crippen LogP contribution is 2.22. The fourth-order valence-corrected chi connectivity index (χ4v) is 3.03. The van der Waals surface area contributed by atoms with E-state index in [2.05, 4.69) is 34.3 Å². The molecule has 0 aliphatic rings. The minimum absolute atomic E-state index is 0.177. The number of hydrogen-bond acceptors (Lipinski definition) is 5. The molecule has 2 aromatic carbocycles. The lowest BCUT2D eigenvalue weighted by Gasteiger charge is -2.21. The van der Waals surface area contributed by atoms with Gasteiger partial charge in [-0.3, -0.25) is 4.79 Å². The Bertz CT molecular complexity index is 940. The van der Waals surface area contributed by atoms with Gasteiger partial charge < -0.3 is 15.0 Å². The molecule has 0 spiro atoms. The van der Waals surface area contributed by atoms with E-state index in [9.17, 15) is 4.79 Å². The number of anilines is 2. The fourth-order valence-electron chi connectivity index (χ4n) is 3.03. The predicted octanol–water partition coefficient (Wildman–Crippen LogP) is 3.92. The number of carbonyl (C=O) groups is 1. The molecular formula is C23H26N4O2. The molecule has 150 valence electrons. The van der Waals surface area contributed by atoms with E-state index in [1.807, 2.05) is 48.2 Å². The van der Waals surface area contributed by atoms with E-state index < -0.39 is 0 Å². The molecule has 3 aromatic rings. The number of amides is 1. The first-order valence-corrected chi connectivity index (χ1v) is 9.68. The SMILES string of the molecule is CCN(c1cccc(C)c1)c1ncc(C(=O)NCCc2ccc(OC)cc2)cn1. The quantitative estimate of drug-likeness (QED) is 0.631. The molecule has 1 N–H and O–H groups in total. The Balaban J connectivity index is 1.59. The molecule has 0 fully saturated rings. The second-order valence-electron chi connectivity index (χ2n) is 6.71. The van der Waals surface area contributed by atoms with Gasteiger partial charge in [-0.1, -0.05) is 24.3 Å². The van der Waals surface area contributed by atoms with Crippen LogP contribution < -0.4 is 15.0 Å². The highest BCUT2D eigenvalue weighted by Gasteiger charge is 2.12. The van der Waals surface area contributed by atoms with Crippen molar-refractivity contribution >= 4 is 17.5 Å². The molecule has 0 aliphatic heterocycles. The zero-order chi connectivity index (χ0) is 20.6. The molecular weight excluding hydrogens is 364 g/mol. The van der Waals surface area contributed by atoms with E-state index >= 15 is 0 Å². The third-order valence-electron chi connectivity index (χ3n) is 4.63. The zero-order valence-electron chi connectivity index (χ0n) is 17.1. The summed E-state index contributed by atoms with van der Waals surface area (Å²) in [7, 11) is 1.64. The van der Waals surface area contributed by atoms with E-state index in [0.29, 0.717) is 18.1 Å². The van der Waals surface area contributed by atoms with Gasteiger partial charge in [0.25, 0.3) is 5.91 Å².